The van der Waals surface area contributed by atoms with Crippen LogP contribution < -0.4 is 0 Å². The van der Waals surface area contributed by atoms with Gasteiger partial charge in [-0.25, -0.2) is 0 Å². The average molecular weight is 1470 g/mol. The molecule has 1 heteroatoms. The topological polar surface area (TPSA) is 4.93 Å². The molecule has 0 fully saturated rings. The Hall–Kier alpha value is -11.9. The van der Waals surface area contributed by atoms with Crippen molar-refractivity contribution in [2.24, 2.45) is 7.05 Å². The molecule has 21 rings (SSSR count). The summed E-state index contributed by atoms with van der Waals surface area (Å²) >= 11 is 0. The summed E-state index contributed by atoms with van der Waals surface area (Å²) in [5.74, 6) is 0. The lowest BCUT2D eigenvalue weighted by atomic mass is 9.80. The van der Waals surface area contributed by atoms with Gasteiger partial charge in [-0.05, 0) is 219 Å². The quantitative estimate of drug-likeness (QED) is 0.143. The maximum atomic E-state index is 2.33. The van der Waals surface area contributed by atoms with Gasteiger partial charge in [0, 0.05) is 50.5 Å². The normalized spacial score (nSPS) is 13.5. The van der Waals surface area contributed by atoms with Crippen molar-refractivity contribution in [3.63, 3.8) is 0 Å². The van der Waals surface area contributed by atoms with Gasteiger partial charge in [-0.1, -0.05) is 404 Å². The smallest absolute Gasteiger partial charge is 0.0488 e. The second-order valence-corrected chi connectivity index (χ2v) is 33.9. The minimum Gasteiger partial charge on any atom is -0.344 e. The van der Waals surface area contributed by atoms with Gasteiger partial charge in [0.15, 0.2) is 0 Å². The largest absolute Gasteiger partial charge is 0.344 e. The molecule has 0 N–H and O–H groups in total. The molecular weight excluding hydrogens is 1360 g/mol. The van der Waals surface area contributed by atoms with Gasteiger partial charge in [0.25, 0.3) is 0 Å². The van der Waals surface area contributed by atoms with Crippen LogP contribution in [-0.2, 0) is 28.7 Å². The van der Waals surface area contributed by atoms with Crippen LogP contribution in [0.4, 0.5) is 0 Å². The molecular formula is C112H109N. The third-order valence-corrected chi connectivity index (χ3v) is 24.2. The van der Waals surface area contributed by atoms with E-state index in [2.05, 4.69) is 463 Å². The number of para-hydroxylation sites is 1. The summed E-state index contributed by atoms with van der Waals surface area (Å²) in [6.07, 6.45) is 0. The van der Waals surface area contributed by atoms with Crippen LogP contribution >= 0.6 is 0 Å². The molecule has 0 unspecified atom stereocenters. The van der Waals surface area contributed by atoms with Crippen LogP contribution in [0.5, 0.6) is 0 Å². The maximum Gasteiger partial charge on any atom is 0.0488 e. The summed E-state index contributed by atoms with van der Waals surface area (Å²) in [4.78, 5) is 0. The van der Waals surface area contributed by atoms with Crippen molar-refractivity contribution in [3.05, 3.63) is 428 Å². The first kappa shape index (κ1) is 77.8. The average Bonchev–Trinajstić information content (AvgIpc) is 1.65. The number of rotatable bonds is 0. The SMILES string of the molecule is Cc1ccc2c(c1)-c1ccccc1C2(C)C.Cc1ccc2c(c1)C(C)(C)c1ccccc1-2.Cc1ccc2c(c1)c1ccccc1n2C.Cc1ccc2cc(C)ccc2c1.Cc1ccc2ccccc2c1.Cc1cccc2c1-c1ccccc1C2(C)C.Cc1cccc2c1C(C)(C)c1ccccc1-2.Cc1cccc2ccccc12. The number of nitrogens with zero attached hydrogens (tertiary/aromatic N) is 1. The highest BCUT2D eigenvalue weighted by molar-refractivity contribution is 6.08. The zero-order valence-corrected chi connectivity index (χ0v) is 69.7. The van der Waals surface area contributed by atoms with E-state index in [1.54, 1.807) is 0 Å². The molecule has 562 valence electrons. The molecule has 0 saturated heterocycles. The summed E-state index contributed by atoms with van der Waals surface area (Å²) in [6.45, 7) is 37.9. The molecule has 4 aliphatic carbocycles. The Morgan fingerprint density at radius 3 is 1.18 bits per heavy atom. The number of benzene rings is 16. The van der Waals surface area contributed by atoms with E-state index in [1.807, 2.05) is 0 Å². The van der Waals surface area contributed by atoms with Crippen molar-refractivity contribution in [1.29, 1.82) is 0 Å². The van der Waals surface area contributed by atoms with Gasteiger partial charge >= 0.3 is 0 Å². The summed E-state index contributed by atoms with van der Waals surface area (Å²) in [5, 5.41) is 10.7. The molecule has 1 aromatic heterocycles. The third kappa shape index (κ3) is 15.5. The van der Waals surface area contributed by atoms with Crippen molar-refractivity contribution < 1.29 is 0 Å². The van der Waals surface area contributed by atoms with E-state index in [0.717, 1.165) is 0 Å². The van der Waals surface area contributed by atoms with Gasteiger partial charge in [-0.2, -0.15) is 0 Å². The van der Waals surface area contributed by atoms with Crippen molar-refractivity contribution in [2.45, 2.75) is 139 Å². The van der Waals surface area contributed by atoms with Crippen LogP contribution in [-0.4, -0.2) is 4.57 Å². The lowest BCUT2D eigenvalue weighted by Gasteiger charge is -2.23. The first-order chi connectivity index (χ1) is 54.2. The number of fused-ring (bicyclic) bond motifs is 18. The van der Waals surface area contributed by atoms with Crippen LogP contribution in [0.25, 0.3) is 98.6 Å². The summed E-state index contributed by atoms with van der Waals surface area (Å²) < 4.78 is 2.25. The number of hydrogen-bond acceptors (Lipinski definition) is 0. The number of aryl methyl sites for hydroxylation is 10. The fraction of sp³-hybridized carbons (Fsp3) is 0.196. The van der Waals surface area contributed by atoms with Crippen molar-refractivity contribution >= 4 is 54.1 Å². The minimum absolute atomic E-state index is 0.150. The molecule has 0 aliphatic heterocycles. The fourth-order valence-electron chi connectivity index (χ4n) is 18.2. The maximum absolute atomic E-state index is 2.33. The molecule has 0 atom stereocenters. The van der Waals surface area contributed by atoms with E-state index in [-0.39, 0.29) is 21.7 Å². The predicted molar refractivity (Wildman–Crippen MR) is 491 cm³/mol. The minimum atomic E-state index is 0.150. The Morgan fingerprint density at radius 1 is 0.195 bits per heavy atom. The van der Waals surface area contributed by atoms with E-state index in [4.69, 9.17) is 0 Å². The first-order valence-electron chi connectivity index (χ1n) is 40.3. The molecule has 0 saturated carbocycles. The zero-order valence-electron chi connectivity index (χ0n) is 69.7. The summed E-state index contributed by atoms with van der Waals surface area (Å²) in [5.41, 5.74) is 38.4. The second-order valence-electron chi connectivity index (χ2n) is 33.9. The Labute approximate surface area is 673 Å². The molecule has 0 bridgehead atoms. The monoisotopic (exact) mass is 1470 g/mol. The number of aromatic nitrogens is 1. The van der Waals surface area contributed by atoms with Crippen LogP contribution in [0.3, 0.4) is 0 Å². The van der Waals surface area contributed by atoms with Crippen molar-refractivity contribution in [2.75, 3.05) is 0 Å². The molecule has 0 radical (unpaired) electrons. The van der Waals surface area contributed by atoms with Crippen molar-refractivity contribution in [1.82, 2.24) is 4.57 Å². The van der Waals surface area contributed by atoms with E-state index in [0.29, 0.717) is 0 Å². The van der Waals surface area contributed by atoms with Crippen LogP contribution in [0, 0.1) is 62.3 Å². The molecule has 113 heavy (non-hydrogen) atoms. The van der Waals surface area contributed by atoms with E-state index in [1.165, 1.54) is 193 Å². The fourth-order valence-corrected chi connectivity index (χ4v) is 18.2. The molecule has 0 spiro atoms. The Bertz CT molecular complexity index is 6310. The van der Waals surface area contributed by atoms with Crippen molar-refractivity contribution in [3.8, 4) is 44.5 Å². The first-order valence-corrected chi connectivity index (χ1v) is 40.3. The molecule has 17 aromatic rings. The third-order valence-electron chi connectivity index (χ3n) is 24.2. The van der Waals surface area contributed by atoms with Gasteiger partial charge < -0.3 is 4.57 Å². The summed E-state index contributed by atoms with van der Waals surface area (Å²) in [6, 6.07) is 120. The van der Waals surface area contributed by atoms with Gasteiger partial charge in [-0.3, -0.25) is 0 Å². The Morgan fingerprint density at radius 2 is 0.549 bits per heavy atom. The van der Waals surface area contributed by atoms with Crippen LogP contribution in [0.15, 0.2) is 334 Å². The van der Waals surface area contributed by atoms with Gasteiger partial charge in [0.1, 0.15) is 0 Å². The molecule has 0 amide bonds. The highest BCUT2D eigenvalue weighted by Gasteiger charge is 2.39. The number of hydrogen-bond donors (Lipinski definition) is 0. The van der Waals surface area contributed by atoms with E-state index in [9.17, 15) is 0 Å². The zero-order chi connectivity index (χ0) is 79.7. The Balaban J connectivity index is 0.000000107. The van der Waals surface area contributed by atoms with E-state index < -0.39 is 0 Å². The molecule has 1 heterocycles. The standard InChI is InChI=1S/4C16H16.C14H13N.C12H12.2C11H10/c1-11-7-6-9-13-12-8-4-5-10-14(12)16(2,3)15(11)13;1-11-7-6-10-14-15(11)12-8-4-5-9-13(12)16(14,2)3;1-11-8-9-15-13(10-11)12-6-4-5-7-14(12)16(15,2)3;1-11-8-9-13-12-6-4-5-7-14(12)16(2,3)15(13)10-11;1-10-7-8-14-12(9-10)11-5-3-4-6-13(11)15(14)2;1-9-3-5-12-8-10(2)4-6-11(12)7-9;1-9-5-4-7-10-6-2-3-8-11(9)10;1-9-6-7-10-4-2-3-5-11(10)8-9/h4*4-10H,1-3H3;3-9H,1-2H3;3-8H,1-2H3;2*2-8H,1H3. The molecule has 1 nitrogen and oxygen atoms in total. The van der Waals surface area contributed by atoms with E-state index >= 15 is 0 Å². The van der Waals surface area contributed by atoms with Gasteiger partial charge in [0.05, 0.1) is 0 Å². The Kier molecular flexibility index (Phi) is 22.1. The van der Waals surface area contributed by atoms with Gasteiger partial charge in [0.2, 0.25) is 0 Å². The highest BCUT2D eigenvalue weighted by Crippen LogP contribution is 2.53. The predicted octanol–water partition coefficient (Wildman–Crippen LogP) is 30.6. The lowest BCUT2D eigenvalue weighted by Crippen LogP contribution is -2.16. The highest BCUT2D eigenvalue weighted by atomic mass is 14.9. The summed E-state index contributed by atoms with van der Waals surface area (Å²) in [7, 11) is 2.12. The molecule has 16 aromatic carbocycles. The molecule has 4 aliphatic rings. The second kappa shape index (κ2) is 32.1. The van der Waals surface area contributed by atoms with Crippen LogP contribution in [0.2, 0.25) is 0 Å². The van der Waals surface area contributed by atoms with Gasteiger partial charge in [-0.15, -0.1) is 0 Å². The lowest BCUT2D eigenvalue weighted by molar-refractivity contribution is 0.655. The van der Waals surface area contributed by atoms with Crippen LogP contribution in [0.1, 0.15) is 150 Å².